The van der Waals surface area contributed by atoms with E-state index >= 15 is 0 Å². The molecule has 0 radical (unpaired) electrons. The van der Waals surface area contributed by atoms with E-state index in [2.05, 4.69) is 50.6 Å². The fourth-order valence-electron chi connectivity index (χ4n) is 3.85. The molecule has 1 N–H and O–H groups in total. The minimum atomic E-state index is 0.328. The molecule has 7 nitrogen and oxygen atoms in total. The predicted molar refractivity (Wildman–Crippen MR) is 110 cm³/mol. The van der Waals surface area contributed by atoms with Crippen LogP contribution >= 0.6 is 0 Å². The van der Waals surface area contributed by atoms with Crippen molar-refractivity contribution in [2.75, 3.05) is 0 Å². The Morgan fingerprint density at radius 3 is 2.68 bits per heavy atom. The number of aryl methyl sites for hydroxylation is 2. The van der Waals surface area contributed by atoms with Crippen LogP contribution in [0.4, 0.5) is 0 Å². The number of aromatic amines is 1. The van der Waals surface area contributed by atoms with Crippen LogP contribution < -0.4 is 0 Å². The molecule has 5 heterocycles. The average molecular weight is 371 g/mol. The molecule has 0 aliphatic heterocycles. The maximum absolute atomic E-state index is 4.77. The molecule has 5 aromatic heterocycles. The Balaban J connectivity index is 1.64. The molecule has 0 amide bonds. The molecule has 140 valence electrons. The Labute approximate surface area is 162 Å². The van der Waals surface area contributed by atoms with Gasteiger partial charge in [0, 0.05) is 53.8 Å². The van der Waals surface area contributed by atoms with Gasteiger partial charge in [-0.25, -0.2) is 15.0 Å². The zero-order valence-electron chi connectivity index (χ0n) is 16.3. The second-order valence-corrected chi connectivity index (χ2v) is 7.39. The van der Waals surface area contributed by atoms with Gasteiger partial charge >= 0.3 is 0 Å². The summed E-state index contributed by atoms with van der Waals surface area (Å²) in [5.41, 5.74) is 6.73. The Hall–Kier alpha value is -3.48. The van der Waals surface area contributed by atoms with Gasteiger partial charge in [-0.3, -0.25) is 4.68 Å². The van der Waals surface area contributed by atoms with E-state index in [-0.39, 0.29) is 0 Å². The maximum atomic E-state index is 4.77. The molecule has 0 aliphatic carbocycles. The topological polar surface area (TPSA) is 77.2 Å². The van der Waals surface area contributed by atoms with Gasteiger partial charge in [0.25, 0.3) is 0 Å². The van der Waals surface area contributed by atoms with Gasteiger partial charge < -0.3 is 9.55 Å². The van der Waals surface area contributed by atoms with E-state index in [1.54, 1.807) is 4.68 Å². The summed E-state index contributed by atoms with van der Waals surface area (Å²) in [7, 11) is 1.90. The lowest BCUT2D eigenvalue weighted by atomic mass is 10.1. The monoisotopic (exact) mass is 371 g/mol. The van der Waals surface area contributed by atoms with Crippen molar-refractivity contribution in [1.29, 1.82) is 0 Å². The summed E-state index contributed by atoms with van der Waals surface area (Å²) in [6.07, 6.45) is 7.67. The number of nitrogens with one attached hydrogen (secondary N) is 1. The highest BCUT2D eigenvalue weighted by Gasteiger charge is 2.15. The standard InChI is InChI=1S/C21H21N7/c1-12(2)28-13(3)25-21-19(28)7-14(8-22-21)17-10-23-20-16(17)5-6-18(26-20)15-9-24-27(4)11-15/h5-12H,1-4H3,(H,23,26). The summed E-state index contributed by atoms with van der Waals surface area (Å²) in [6.45, 7) is 6.35. The molecular weight excluding hydrogens is 350 g/mol. The third kappa shape index (κ3) is 2.51. The summed E-state index contributed by atoms with van der Waals surface area (Å²) in [5.74, 6) is 0.983. The van der Waals surface area contributed by atoms with Crippen molar-refractivity contribution in [3.63, 3.8) is 0 Å². The van der Waals surface area contributed by atoms with E-state index in [9.17, 15) is 0 Å². The van der Waals surface area contributed by atoms with Crippen LogP contribution in [0.25, 0.3) is 44.6 Å². The highest BCUT2D eigenvalue weighted by molar-refractivity contribution is 5.96. The van der Waals surface area contributed by atoms with E-state index in [4.69, 9.17) is 4.98 Å². The van der Waals surface area contributed by atoms with E-state index < -0.39 is 0 Å². The van der Waals surface area contributed by atoms with Gasteiger partial charge in [0.05, 0.1) is 17.4 Å². The molecule has 0 aromatic carbocycles. The van der Waals surface area contributed by atoms with Gasteiger partial charge in [-0.05, 0) is 39.0 Å². The summed E-state index contributed by atoms with van der Waals surface area (Å²) in [6, 6.07) is 6.63. The number of imidazole rings is 1. The number of hydrogen-bond donors (Lipinski definition) is 1. The lowest BCUT2D eigenvalue weighted by Gasteiger charge is -2.11. The molecule has 28 heavy (non-hydrogen) atoms. The molecule has 0 aliphatic rings. The van der Waals surface area contributed by atoms with Crippen molar-refractivity contribution in [2.24, 2.45) is 7.05 Å². The van der Waals surface area contributed by atoms with Crippen molar-refractivity contribution in [2.45, 2.75) is 26.8 Å². The summed E-state index contributed by atoms with van der Waals surface area (Å²) in [4.78, 5) is 17.3. The molecule has 0 spiro atoms. The van der Waals surface area contributed by atoms with Gasteiger partial charge in [0.2, 0.25) is 0 Å². The summed E-state index contributed by atoms with van der Waals surface area (Å²) in [5, 5.41) is 5.30. The van der Waals surface area contributed by atoms with Crippen molar-refractivity contribution in [1.82, 2.24) is 34.3 Å². The first kappa shape index (κ1) is 16.7. The summed E-state index contributed by atoms with van der Waals surface area (Å²) < 4.78 is 4.00. The Morgan fingerprint density at radius 1 is 1.07 bits per heavy atom. The number of H-pyrrole nitrogens is 1. The van der Waals surface area contributed by atoms with E-state index in [0.717, 1.165) is 50.4 Å². The molecule has 0 bridgehead atoms. The zero-order chi connectivity index (χ0) is 19.4. The van der Waals surface area contributed by atoms with Crippen LogP contribution in [0.15, 0.2) is 43.0 Å². The molecule has 5 aromatic rings. The molecule has 0 saturated carbocycles. The predicted octanol–water partition coefficient (Wildman–Crippen LogP) is 4.26. The SMILES string of the molecule is Cc1nc2ncc(-c3c[nH]c4nc(-c5cnn(C)c5)ccc34)cc2n1C(C)C. The minimum absolute atomic E-state index is 0.328. The molecular formula is C21H21N7. The molecule has 0 saturated heterocycles. The third-order valence-electron chi connectivity index (χ3n) is 5.09. The van der Waals surface area contributed by atoms with Crippen LogP contribution in [0.5, 0.6) is 0 Å². The van der Waals surface area contributed by atoms with Gasteiger partial charge in [-0.1, -0.05) is 0 Å². The van der Waals surface area contributed by atoms with E-state index in [1.165, 1.54) is 0 Å². The van der Waals surface area contributed by atoms with Gasteiger partial charge in [-0.2, -0.15) is 5.10 Å². The number of hydrogen-bond acceptors (Lipinski definition) is 4. The normalized spacial score (nSPS) is 11.9. The van der Waals surface area contributed by atoms with Gasteiger partial charge in [-0.15, -0.1) is 0 Å². The van der Waals surface area contributed by atoms with Crippen molar-refractivity contribution >= 4 is 22.2 Å². The van der Waals surface area contributed by atoms with Gasteiger partial charge in [0.1, 0.15) is 11.5 Å². The summed E-state index contributed by atoms with van der Waals surface area (Å²) >= 11 is 0. The second-order valence-electron chi connectivity index (χ2n) is 7.39. The van der Waals surface area contributed by atoms with E-state index in [1.807, 2.05) is 44.8 Å². The fraction of sp³-hybridized carbons (Fsp3) is 0.238. The van der Waals surface area contributed by atoms with Crippen LogP contribution in [0, 0.1) is 6.92 Å². The Kier molecular flexibility index (Phi) is 3.58. The smallest absolute Gasteiger partial charge is 0.177 e. The minimum Gasteiger partial charge on any atom is -0.345 e. The number of nitrogens with zero attached hydrogens (tertiary/aromatic N) is 6. The first-order chi connectivity index (χ1) is 13.5. The van der Waals surface area contributed by atoms with Crippen molar-refractivity contribution in [3.05, 3.63) is 48.8 Å². The second kappa shape index (κ2) is 6.02. The van der Waals surface area contributed by atoms with Crippen LogP contribution in [-0.4, -0.2) is 34.3 Å². The van der Waals surface area contributed by atoms with Crippen LogP contribution in [0.2, 0.25) is 0 Å². The molecule has 0 fully saturated rings. The molecule has 7 heteroatoms. The number of aromatic nitrogens is 7. The Morgan fingerprint density at radius 2 is 1.93 bits per heavy atom. The lowest BCUT2D eigenvalue weighted by molar-refractivity contribution is 0.600. The van der Waals surface area contributed by atoms with Crippen LogP contribution in [-0.2, 0) is 7.05 Å². The van der Waals surface area contributed by atoms with Gasteiger partial charge in [0.15, 0.2) is 5.65 Å². The van der Waals surface area contributed by atoms with Crippen molar-refractivity contribution < 1.29 is 0 Å². The van der Waals surface area contributed by atoms with Crippen LogP contribution in [0.3, 0.4) is 0 Å². The highest BCUT2D eigenvalue weighted by atomic mass is 15.2. The fourth-order valence-corrected chi connectivity index (χ4v) is 3.85. The first-order valence-corrected chi connectivity index (χ1v) is 9.33. The molecule has 0 unspecified atom stereocenters. The van der Waals surface area contributed by atoms with E-state index in [0.29, 0.717) is 6.04 Å². The highest BCUT2D eigenvalue weighted by Crippen LogP contribution is 2.31. The zero-order valence-corrected chi connectivity index (χ0v) is 16.3. The lowest BCUT2D eigenvalue weighted by Crippen LogP contribution is -2.02. The first-order valence-electron chi connectivity index (χ1n) is 9.33. The average Bonchev–Trinajstić information content (AvgIpc) is 3.36. The quantitative estimate of drug-likeness (QED) is 0.514. The Bertz CT molecular complexity index is 1320. The van der Waals surface area contributed by atoms with Crippen molar-refractivity contribution in [3.8, 4) is 22.4 Å². The number of rotatable bonds is 3. The third-order valence-corrected chi connectivity index (χ3v) is 5.09. The van der Waals surface area contributed by atoms with Crippen LogP contribution in [0.1, 0.15) is 25.7 Å². The molecule has 0 atom stereocenters. The largest absolute Gasteiger partial charge is 0.345 e. The molecule has 5 rings (SSSR count). The number of pyridine rings is 2. The number of fused-ring (bicyclic) bond motifs is 2. The maximum Gasteiger partial charge on any atom is 0.177 e.